The van der Waals surface area contributed by atoms with E-state index in [1.165, 1.54) is 6.20 Å². The molecule has 1 amide bonds. The highest BCUT2D eigenvalue weighted by atomic mass is 32.1. The van der Waals surface area contributed by atoms with Crippen molar-refractivity contribution in [2.24, 2.45) is 0 Å². The fourth-order valence-electron chi connectivity index (χ4n) is 2.15. The number of rotatable bonds is 6. The molecule has 0 atom stereocenters. The Bertz CT molecular complexity index is 882. The van der Waals surface area contributed by atoms with E-state index in [0.717, 1.165) is 16.3 Å². The number of amides is 1. The smallest absolute Gasteiger partial charge is 0.253 e. The molecule has 0 aliphatic heterocycles. The van der Waals surface area contributed by atoms with Crippen LogP contribution >= 0.6 is 11.3 Å². The number of terminal acetylenes is 1. The molecule has 0 radical (unpaired) electrons. The molecule has 0 spiro atoms. The quantitative estimate of drug-likeness (QED) is 0.672. The van der Waals surface area contributed by atoms with Crippen molar-refractivity contribution in [3.8, 4) is 22.9 Å². The number of carbonyl (C=O) groups excluding carboxylic acids is 1. The summed E-state index contributed by atoms with van der Waals surface area (Å²) in [5.41, 5.74) is 2.53. The Morgan fingerprint density at radius 3 is 2.76 bits per heavy atom. The van der Waals surface area contributed by atoms with Crippen LogP contribution in [0.5, 0.6) is 0 Å². The molecule has 25 heavy (non-hydrogen) atoms. The van der Waals surface area contributed by atoms with E-state index >= 15 is 0 Å². The molecule has 2 aromatic heterocycles. The number of anilines is 1. The van der Waals surface area contributed by atoms with Gasteiger partial charge in [-0.1, -0.05) is 36.3 Å². The van der Waals surface area contributed by atoms with Crippen LogP contribution in [0, 0.1) is 12.3 Å². The first kappa shape index (κ1) is 16.7. The third-order valence-electron chi connectivity index (χ3n) is 3.40. The fourth-order valence-corrected chi connectivity index (χ4v) is 2.97. The highest BCUT2D eigenvalue weighted by molar-refractivity contribution is 7.13. The van der Waals surface area contributed by atoms with Gasteiger partial charge in [-0.25, -0.2) is 9.97 Å². The third-order valence-corrected chi connectivity index (χ3v) is 4.34. The first-order valence-corrected chi connectivity index (χ1v) is 8.55. The van der Waals surface area contributed by atoms with E-state index in [2.05, 4.69) is 26.5 Å². The SMILES string of the molecule is C#CCNC(=O)c1ccc(NCc2csc(-c3ccccc3)n2)nc1. The number of nitrogens with one attached hydrogen (secondary N) is 2. The van der Waals surface area contributed by atoms with E-state index in [1.807, 2.05) is 35.7 Å². The average Bonchev–Trinajstić information content (AvgIpc) is 3.14. The van der Waals surface area contributed by atoms with Crippen molar-refractivity contribution >= 4 is 23.1 Å². The molecule has 124 valence electrons. The summed E-state index contributed by atoms with van der Waals surface area (Å²) in [6.45, 7) is 0.769. The Hall–Kier alpha value is -3.17. The molecule has 3 aromatic rings. The molecule has 0 bridgehead atoms. The molecule has 3 rings (SSSR count). The maximum atomic E-state index is 11.8. The van der Waals surface area contributed by atoms with Gasteiger partial charge in [0, 0.05) is 17.1 Å². The van der Waals surface area contributed by atoms with Gasteiger partial charge in [0.25, 0.3) is 5.91 Å². The summed E-state index contributed by atoms with van der Waals surface area (Å²) >= 11 is 1.61. The summed E-state index contributed by atoms with van der Waals surface area (Å²) in [6, 6.07) is 13.5. The average molecular weight is 348 g/mol. The Morgan fingerprint density at radius 1 is 1.20 bits per heavy atom. The minimum atomic E-state index is -0.232. The van der Waals surface area contributed by atoms with Crippen LogP contribution in [-0.2, 0) is 6.54 Å². The molecule has 0 saturated carbocycles. The molecular weight excluding hydrogens is 332 g/mol. The molecule has 0 unspecified atom stereocenters. The van der Waals surface area contributed by atoms with Crippen molar-refractivity contribution < 1.29 is 4.79 Å². The Kier molecular flexibility index (Phi) is 5.39. The van der Waals surface area contributed by atoms with Crippen molar-refractivity contribution in [1.29, 1.82) is 0 Å². The summed E-state index contributed by atoms with van der Waals surface area (Å²) in [7, 11) is 0. The number of aromatic nitrogens is 2. The van der Waals surface area contributed by atoms with Gasteiger partial charge in [0.05, 0.1) is 24.3 Å². The fraction of sp³-hybridized carbons (Fsp3) is 0.105. The van der Waals surface area contributed by atoms with Crippen LogP contribution in [0.25, 0.3) is 10.6 Å². The molecule has 0 fully saturated rings. The lowest BCUT2D eigenvalue weighted by atomic mass is 10.2. The van der Waals surface area contributed by atoms with Gasteiger partial charge in [-0.15, -0.1) is 17.8 Å². The molecule has 2 heterocycles. The highest BCUT2D eigenvalue weighted by Crippen LogP contribution is 2.23. The second kappa shape index (κ2) is 8.08. The van der Waals surface area contributed by atoms with Crippen LogP contribution in [-0.4, -0.2) is 22.4 Å². The minimum Gasteiger partial charge on any atom is -0.364 e. The van der Waals surface area contributed by atoms with Gasteiger partial charge < -0.3 is 10.6 Å². The monoisotopic (exact) mass is 348 g/mol. The summed E-state index contributed by atoms with van der Waals surface area (Å²) in [4.78, 5) is 20.6. The molecule has 1 aromatic carbocycles. The van der Waals surface area contributed by atoms with Gasteiger partial charge in [0.15, 0.2) is 0 Å². The number of pyridine rings is 1. The van der Waals surface area contributed by atoms with Crippen LogP contribution in [0.2, 0.25) is 0 Å². The molecule has 2 N–H and O–H groups in total. The normalized spacial score (nSPS) is 10.0. The zero-order valence-electron chi connectivity index (χ0n) is 13.4. The molecule has 5 nitrogen and oxygen atoms in total. The summed E-state index contributed by atoms with van der Waals surface area (Å²) in [5.74, 6) is 2.81. The van der Waals surface area contributed by atoms with E-state index in [0.29, 0.717) is 17.9 Å². The van der Waals surface area contributed by atoms with Crippen LogP contribution < -0.4 is 10.6 Å². The lowest BCUT2D eigenvalue weighted by molar-refractivity contribution is 0.0958. The Balaban J connectivity index is 1.58. The minimum absolute atomic E-state index is 0.201. The van der Waals surface area contributed by atoms with Gasteiger partial charge in [0.1, 0.15) is 10.8 Å². The topological polar surface area (TPSA) is 66.9 Å². The predicted molar refractivity (Wildman–Crippen MR) is 100 cm³/mol. The number of hydrogen-bond donors (Lipinski definition) is 2. The molecular formula is C19H16N4OS. The van der Waals surface area contributed by atoms with E-state index < -0.39 is 0 Å². The maximum Gasteiger partial charge on any atom is 0.253 e. The second-order valence-electron chi connectivity index (χ2n) is 5.18. The van der Waals surface area contributed by atoms with Crippen molar-refractivity contribution in [3.63, 3.8) is 0 Å². The molecule has 0 saturated heterocycles. The number of benzene rings is 1. The van der Waals surface area contributed by atoms with Crippen molar-refractivity contribution in [1.82, 2.24) is 15.3 Å². The molecule has 6 heteroatoms. The first-order chi connectivity index (χ1) is 12.3. The summed E-state index contributed by atoms with van der Waals surface area (Å²) in [5, 5.41) is 8.82. The summed E-state index contributed by atoms with van der Waals surface area (Å²) < 4.78 is 0. The molecule has 0 aliphatic rings. The zero-order chi connectivity index (χ0) is 17.5. The van der Waals surface area contributed by atoms with Gasteiger partial charge >= 0.3 is 0 Å². The highest BCUT2D eigenvalue weighted by Gasteiger charge is 2.06. The zero-order valence-corrected chi connectivity index (χ0v) is 14.2. The first-order valence-electron chi connectivity index (χ1n) is 7.67. The van der Waals surface area contributed by atoms with Gasteiger partial charge in [-0.05, 0) is 12.1 Å². The number of thiazole rings is 1. The largest absolute Gasteiger partial charge is 0.364 e. The Morgan fingerprint density at radius 2 is 2.04 bits per heavy atom. The lowest BCUT2D eigenvalue weighted by Gasteiger charge is -2.05. The van der Waals surface area contributed by atoms with Gasteiger partial charge in [0.2, 0.25) is 0 Å². The van der Waals surface area contributed by atoms with Crippen LogP contribution in [0.15, 0.2) is 54.0 Å². The van der Waals surface area contributed by atoms with E-state index in [-0.39, 0.29) is 12.5 Å². The number of carbonyl (C=O) groups is 1. The molecule has 0 aliphatic carbocycles. The van der Waals surface area contributed by atoms with Crippen molar-refractivity contribution in [3.05, 3.63) is 65.3 Å². The van der Waals surface area contributed by atoms with Crippen LogP contribution in [0.1, 0.15) is 16.1 Å². The van der Waals surface area contributed by atoms with Gasteiger partial charge in [-0.2, -0.15) is 0 Å². The lowest BCUT2D eigenvalue weighted by Crippen LogP contribution is -2.23. The van der Waals surface area contributed by atoms with Crippen molar-refractivity contribution in [2.45, 2.75) is 6.54 Å². The Labute approximate surface area is 150 Å². The predicted octanol–water partition coefficient (Wildman–Crippen LogP) is 3.18. The van der Waals surface area contributed by atoms with Crippen LogP contribution in [0.4, 0.5) is 5.82 Å². The third kappa shape index (κ3) is 4.43. The van der Waals surface area contributed by atoms with E-state index in [9.17, 15) is 4.79 Å². The summed E-state index contributed by atoms with van der Waals surface area (Å²) in [6.07, 6.45) is 6.64. The second-order valence-corrected chi connectivity index (χ2v) is 6.04. The van der Waals surface area contributed by atoms with Crippen LogP contribution in [0.3, 0.4) is 0 Å². The number of nitrogens with zero attached hydrogens (tertiary/aromatic N) is 2. The van der Waals surface area contributed by atoms with E-state index in [1.54, 1.807) is 23.5 Å². The number of hydrogen-bond acceptors (Lipinski definition) is 5. The maximum absolute atomic E-state index is 11.8. The van der Waals surface area contributed by atoms with Crippen molar-refractivity contribution in [2.75, 3.05) is 11.9 Å². The standard InChI is InChI=1S/C19H16N4OS/c1-2-10-20-18(24)15-8-9-17(21-11-15)22-12-16-13-25-19(23-16)14-6-4-3-5-7-14/h1,3-9,11,13H,10,12H2,(H,20,24)(H,21,22). The van der Waals surface area contributed by atoms with Gasteiger partial charge in [-0.3, -0.25) is 4.79 Å². The van der Waals surface area contributed by atoms with E-state index in [4.69, 9.17) is 6.42 Å².